The maximum Gasteiger partial charge on any atom is 0.256 e. The van der Waals surface area contributed by atoms with E-state index in [9.17, 15) is 13.6 Å². The summed E-state index contributed by atoms with van der Waals surface area (Å²) in [6.07, 6.45) is 8.92. The van der Waals surface area contributed by atoms with Gasteiger partial charge in [0.1, 0.15) is 23.5 Å². The molecule has 1 aromatic rings. The summed E-state index contributed by atoms with van der Waals surface area (Å²) in [6, 6.07) is 2.04. The summed E-state index contributed by atoms with van der Waals surface area (Å²) in [5.41, 5.74) is 0.875. The average Bonchev–Trinajstić information content (AvgIpc) is 2.85. The highest BCUT2D eigenvalue weighted by atomic mass is 19.1. The molecule has 1 fully saturated rings. The largest absolute Gasteiger partial charge is 0.355 e. The van der Waals surface area contributed by atoms with Gasteiger partial charge in [-0.15, -0.1) is 0 Å². The molecule has 3 aliphatic rings. The first kappa shape index (κ1) is 12.9. The van der Waals surface area contributed by atoms with Gasteiger partial charge < -0.3 is 5.32 Å². The fourth-order valence-corrected chi connectivity index (χ4v) is 2.86. The molecular formula is C16H11F2N3O. The Hall–Kier alpha value is -2.76. The van der Waals surface area contributed by atoms with E-state index in [0.717, 1.165) is 17.8 Å². The molecular weight excluding hydrogens is 288 g/mol. The van der Waals surface area contributed by atoms with Crippen molar-refractivity contribution in [3.63, 3.8) is 0 Å². The first-order chi connectivity index (χ1) is 10.6. The van der Waals surface area contributed by atoms with E-state index in [2.05, 4.69) is 10.3 Å². The molecule has 1 saturated heterocycles. The Kier molecular flexibility index (Phi) is 2.72. The molecule has 4 nitrogen and oxygen atoms in total. The summed E-state index contributed by atoms with van der Waals surface area (Å²) in [7, 11) is 0. The number of hydrogen-bond donors (Lipinski definition) is 1. The van der Waals surface area contributed by atoms with Crippen LogP contribution in [-0.4, -0.2) is 22.6 Å². The summed E-state index contributed by atoms with van der Waals surface area (Å²) in [4.78, 5) is 18.5. The van der Waals surface area contributed by atoms with Crippen molar-refractivity contribution >= 4 is 11.6 Å². The van der Waals surface area contributed by atoms with Crippen molar-refractivity contribution < 1.29 is 13.6 Å². The first-order valence-corrected chi connectivity index (χ1v) is 6.82. The molecule has 2 atom stereocenters. The van der Waals surface area contributed by atoms with Crippen molar-refractivity contribution in [3.05, 3.63) is 71.7 Å². The molecule has 1 aromatic carbocycles. The van der Waals surface area contributed by atoms with Crippen molar-refractivity contribution in [2.75, 3.05) is 0 Å². The number of amides is 1. The zero-order valence-electron chi connectivity index (χ0n) is 11.3. The third kappa shape index (κ3) is 1.80. The van der Waals surface area contributed by atoms with Gasteiger partial charge in [0, 0.05) is 11.6 Å². The highest BCUT2D eigenvalue weighted by Crippen LogP contribution is 2.32. The lowest BCUT2D eigenvalue weighted by molar-refractivity contribution is -0.128. The molecule has 4 rings (SSSR count). The minimum Gasteiger partial charge on any atom is -0.355 e. The van der Waals surface area contributed by atoms with Crippen molar-refractivity contribution in [3.8, 4) is 0 Å². The van der Waals surface area contributed by atoms with Crippen LogP contribution in [0.5, 0.6) is 0 Å². The lowest BCUT2D eigenvalue weighted by Gasteiger charge is -2.29. The Labute approximate surface area is 125 Å². The summed E-state index contributed by atoms with van der Waals surface area (Å²) in [6.45, 7) is 0. The molecule has 1 N–H and O–H groups in total. The minimum absolute atomic E-state index is 0.124. The standard InChI is InChI=1S/C16H11F2N3O/c17-9-5-6-10(11(18)7-9)15-16(22)21-13-4-2-1-3-12(13)19-8-14(21)20-15/h1-8,13,15,20H. The van der Waals surface area contributed by atoms with Crippen LogP contribution in [0.3, 0.4) is 0 Å². The summed E-state index contributed by atoms with van der Waals surface area (Å²) >= 11 is 0. The van der Waals surface area contributed by atoms with Gasteiger partial charge in [0.15, 0.2) is 0 Å². The molecule has 2 heterocycles. The Balaban J connectivity index is 1.72. The molecule has 22 heavy (non-hydrogen) atoms. The van der Waals surface area contributed by atoms with E-state index in [1.54, 1.807) is 11.1 Å². The zero-order chi connectivity index (χ0) is 15.3. The van der Waals surface area contributed by atoms with Crippen LogP contribution < -0.4 is 5.32 Å². The maximum atomic E-state index is 14.0. The molecule has 0 radical (unpaired) electrons. The Morgan fingerprint density at radius 1 is 1.23 bits per heavy atom. The number of aliphatic imine (C=N–C) groups is 1. The fourth-order valence-electron chi connectivity index (χ4n) is 2.86. The van der Waals surface area contributed by atoms with Gasteiger partial charge in [-0.25, -0.2) is 8.78 Å². The van der Waals surface area contributed by atoms with E-state index in [1.165, 1.54) is 6.07 Å². The van der Waals surface area contributed by atoms with E-state index in [1.807, 2.05) is 24.3 Å². The Morgan fingerprint density at radius 2 is 2.09 bits per heavy atom. The average molecular weight is 299 g/mol. The molecule has 110 valence electrons. The SMILES string of the molecule is O=C1C(c2ccc(F)cc2F)NC2=CN=C3C=CC=CC3N12. The topological polar surface area (TPSA) is 44.7 Å². The Morgan fingerprint density at radius 3 is 2.91 bits per heavy atom. The van der Waals surface area contributed by atoms with Crippen LogP contribution in [-0.2, 0) is 4.79 Å². The van der Waals surface area contributed by atoms with Crippen LogP contribution in [0.1, 0.15) is 11.6 Å². The van der Waals surface area contributed by atoms with Crippen molar-refractivity contribution in [2.24, 2.45) is 4.99 Å². The number of rotatable bonds is 1. The van der Waals surface area contributed by atoms with Gasteiger partial charge in [0.2, 0.25) is 0 Å². The predicted molar refractivity (Wildman–Crippen MR) is 76.7 cm³/mol. The van der Waals surface area contributed by atoms with Crippen molar-refractivity contribution in [2.45, 2.75) is 12.1 Å². The fraction of sp³-hybridized carbons (Fsp3) is 0.125. The number of hydrogen-bond acceptors (Lipinski definition) is 3. The molecule has 0 aromatic heterocycles. The van der Waals surface area contributed by atoms with E-state index in [0.29, 0.717) is 5.82 Å². The van der Waals surface area contributed by atoms with Gasteiger partial charge in [0.05, 0.1) is 18.0 Å². The van der Waals surface area contributed by atoms with E-state index in [-0.39, 0.29) is 17.5 Å². The normalized spacial score (nSPS) is 25.4. The number of halogens is 2. The molecule has 0 saturated carbocycles. The van der Waals surface area contributed by atoms with Crippen molar-refractivity contribution in [1.29, 1.82) is 0 Å². The van der Waals surface area contributed by atoms with Gasteiger partial charge in [-0.05, 0) is 12.1 Å². The van der Waals surface area contributed by atoms with Gasteiger partial charge in [-0.1, -0.05) is 24.3 Å². The number of allylic oxidation sites excluding steroid dienone is 2. The number of fused-ring (bicyclic) bond motifs is 3. The molecule has 2 aliphatic heterocycles. The summed E-state index contributed by atoms with van der Waals surface area (Å²) in [5.74, 6) is -1.18. The van der Waals surface area contributed by atoms with Gasteiger partial charge in [0.25, 0.3) is 5.91 Å². The van der Waals surface area contributed by atoms with Gasteiger partial charge in [-0.2, -0.15) is 0 Å². The van der Waals surface area contributed by atoms with Crippen LogP contribution in [0.15, 0.2) is 59.5 Å². The minimum atomic E-state index is -0.874. The second kappa shape index (κ2) is 4.62. The molecule has 6 heteroatoms. The molecule has 0 bridgehead atoms. The zero-order valence-corrected chi connectivity index (χ0v) is 11.3. The predicted octanol–water partition coefficient (Wildman–Crippen LogP) is 2.19. The summed E-state index contributed by atoms with van der Waals surface area (Å²) < 4.78 is 27.0. The molecule has 0 spiro atoms. The second-order valence-electron chi connectivity index (χ2n) is 5.21. The lowest BCUT2D eigenvalue weighted by Crippen LogP contribution is -2.42. The lowest BCUT2D eigenvalue weighted by atomic mass is 10.0. The Bertz CT molecular complexity index is 795. The third-order valence-electron chi connectivity index (χ3n) is 3.90. The highest BCUT2D eigenvalue weighted by Gasteiger charge is 2.43. The van der Waals surface area contributed by atoms with E-state index in [4.69, 9.17) is 0 Å². The number of nitrogens with zero attached hydrogens (tertiary/aromatic N) is 2. The molecule has 1 aliphatic carbocycles. The quantitative estimate of drug-likeness (QED) is 0.864. The van der Waals surface area contributed by atoms with Gasteiger partial charge in [-0.3, -0.25) is 14.7 Å². The molecule has 2 unspecified atom stereocenters. The van der Waals surface area contributed by atoms with E-state index < -0.39 is 17.7 Å². The number of nitrogens with one attached hydrogen (secondary N) is 1. The van der Waals surface area contributed by atoms with Crippen LogP contribution in [0.25, 0.3) is 0 Å². The smallest absolute Gasteiger partial charge is 0.256 e. The molecule has 1 amide bonds. The second-order valence-corrected chi connectivity index (χ2v) is 5.21. The van der Waals surface area contributed by atoms with Crippen LogP contribution in [0.2, 0.25) is 0 Å². The van der Waals surface area contributed by atoms with Crippen LogP contribution in [0.4, 0.5) is 8.78 Å². The number of benzene rings is 1. The highest BCUT2D eigenvalue weighted by molar-refractivity contribution is 6.06. The monoisotopic (exact) mass is 299 g/mol. The third-order valence-corrected chi connectivity index (χ3v) is 3.90. The van der Waals surface area contributed by atoms with Crippen molar-refractivity contribution in [1.82, 2.24) is 10.2 Å². The maximum absolute atomic E-state index is 14.0. The number of carbonyl (C=O) groups is 1. The van der Waals surface area contributed by atoms with Crippen LogP contribution in [0, 0.1) is 11.6 Å². The van der Waals surface area contributed by atoms with Gasteiger partial charge >= 0.3 is 0 Å². The first-order valence-electron chi connectivity index (χ1n) is 6.82. The van der Waals surface area contributed by atoms with Crippen LogP contribution >= 0.6 is 0 Å². The van der Waals surface area contributed by atoms with E-state index >= 15 is 0 Å². The number of carbonyl (C=O) groups excluding carboxylic acids is 1. The summed E-state index contributed by atoms with van der Waals surface area (Å²) in [5, 5.41) is 2.96.